The quantitative estimate of drug-likeness (QED) is 0.0422. The Kier molecular flexibility index (Phi) is 20.3. The molecule has 0 aliphatic rings. The van der Waals surface area contributed by atoms with Crippen molar-refractivity contribution in [1.82, 2.24) is 0 Å². The molecule has 0 saturated carbocycles. The molecule has 9 nitrogen and oxygen atoms in total. The Bertz CT molecular complexity index is 542. The predicted molar refractivity (Wildman–Crippen MR) is 133 cm³/mol. The smallest absolute Gasteiger partial charge is 0.457 e. The highest BCUT2D eigenvalue weighted by Crippen LogP contribution is 2.43. The zero-order valence-electron chi connectivity index (χ0n) is 22.0. The van der Waals surface area contributed by atoms with Crippen molar-refractivity contribution in [2.75, 3.05) is 47.5 Å². The first-order valence-corrected chi connectivity index (χ1v) is 14.5. The number of quaternary nitrogens is 1. The van der Waals surface area contributed by atoms with Crippen LogP contribution < -0.4 is 0 Å². The summed E-state index contributed by atoms with van der Waals surface area (Å²) in [6.45, 7) is 2.03. The number of likely N-dealkylation sites (N-methyl/N-ethyl adjacent to an activating group) is 1. The number of esters is 1. The first kappa shape index (κ1) is 33.5. The summed E-state index contributed by atoms with van der Waals surface area (Å²) >= 11 is 0. The molecule has 0 bridgehead atoms. The van der Waals surface area contributed by atoms with Gasteiger partial charge in [0, 0.05) is 6.42 Å². The van der Waals surface area contributed by atoms with Gasteiger partial charge in [-0.25, -0.2) is 9.45 Å². The second-order valence-corrected chi connectivity index (χ2v) is 11.5. The lowest BCUT2D eigenvalue weighted by Crippen LogP contribution is -2.37. The average Bonchev–Trinajstić information content (AvgIpc) is 2.74. The molecule has 0 spiro atoms. The van der Waals surface area contributed by atoms with Crippen molar-refractivity contribution < 1.29 is 42.7 Å². The highest BCUT2D eigenvalue weighted by atomic mass is 31.2. The van der Waals surface area contributed by atoms with Gasteiger partial charge in [0.1, 0.15) is 19.8 Å². The van der Waals surface area contributed by atoms with E-state index < -0.39 is 26.5 Å². The first-order valence-electron chi connectivity index (χ1n) is 13.0. The van der Waals surface area contributed by atoms with Crippen molar-refractivity contribution >= 4 is 13.8 Å². The van der Waals surface area contributed by atoms with Crippen LogP contribution in [0.2, 0.25) is 0 Å². The SMILES string of the molecule is CCCCCCCCCCCCCCCC(=O)OC(COO)COP(=O)(O)OCC[N+](C)(C)C. The summed E-state index contributed by atoms with van der Waals surface area (Å²) < 4.78 is 27.6. The monoisotopic (exact) mass is 512 g/mol. The second kappa shape index (κ2) is 20.6. The molecule has 0 radical (unpaired) electrons. The van der Waals surface area contributed by atoms with Gasteiger partial charge in [-0.2, -0.15) is 0 Å². The molecule has 0 aromatic heterocycles. The molecule has 34 heavy (non-hydrogen) atoms. The van der Waals surface area contributed by atoms with E-state index in [1.54, 1.807) is 0 Å². The van der Waals surface area contributed by atoms with Gasteiger partial charge in [0.05, 0.1) is 27.7 Å². The summed E-state index contributed by atoms with van der Waals surface area (Å²) in [5, 5.41) is 8.70. The van der Waals surface area contributed by atoms with Gasteiger partial charge in [0.2, 0.25) is 0 Å². The van der Waals surface area contributed by atoms with Crippen LogP contribution in [-0.4, -0.2) is 74.2 Å². The molecule has 10 heteroatoms. The molecule has 0 aliphatic carbocycles. The van der Waals surface area contributed by atoms with E-state index in [4.69, 9.17) is 19.0 Å². The molecule has 0 saturated heterocycles. The standard InChI is InChI=1S/C24H50NO8P/c1-5-6-7-8-9-10-11-12-13-14-15-16-17-18-24(26)33-23(21-30-27)22-32-34(28,29)31-20-19-25(2,3)4/h23H,5-22H2,1-4H3,(H-,27,28,29)/p+1. The van der Waals surface area contributed by atoms with Crippen molar-refractivity contribution in [2.45, 2.75) is 103 Å². The third kappa shape index (κ3) is 23.2. The molecule has 2 unspecified atom stereocenters. The maximum Gasteiger partial charge on any atom is 0.472 e. The van der Waals surface area contributed by atoms with Gasteiger partial charge in [-0.1, -0.05) is 84.0 Å². The van der Waals surface area contributed by atoms with E-state index in [2.05, 4.69) is 11.8 Å². The van der Waals surface area contributed by atoms with E-state index in [9.17, 15) is 14.3 Å². The van der Waals surface area contributed by atoms with Crippen LogP contribution in [0.4, 0.5) is 0 Å². The number of unbranched alkanes of at least 4 members (excludes halogenated alkanes) is 12. The van der Waals surface area contributed by atoms with Crippen LogP contribution in [0.3, 0.4) is 0 Å². The minimum absolute atomic E-state index is 0.0390. The summed E-state index contributed by atoms with van der Waals surface area (Å²) in [7, 11) is 1.50. The van der Waals surface area contributed by atoms with Crippen LogP contribution in [0.5, 0.6) is 0 Å². The van der Waals surface area contributed by atoms with Gasteiger partial charge >= 0.3 is 13.8 Å². The second-order valence-electron chi connectivity index (χ2n) is 10.0. The lowest BCUT2D eigenvalue weighted by molar-refractivity contribution is -0.870. The van der Waals surface area contributed by atoms with Crippen molar-refractivity contribution in [3.8, 4) is 0 Å². The van der Waals surface area contributed by atoms with Gasteiger partial charge in [-0.3, -0.25) is 19.1 Å². The van der Waals surface area contributed by atoms with E-state index >= 15 is 0 Å². The number of hydrogen-bond donors (Lipinski definition) is 2. The topological polar surface area (TPSA) is 112 Å². The van der Waals surface area contributed by atoms with Crippen LogP contribution >= 0.6 is 7.82 Å². The zero-order chi connectivity index (χ0) is 25.7. The number of phosphoric acid groups is 1. The summed E-state index contributed by atoms with van der Waals surface area (Å²) in [4.78, 5) is 25.9. The fourth-order valence-electron chi connectivity index (χ4n) is 3.38. The summed E-state index contributed by atoms with van der Waals surface area (Å²) in [6.07, 6.45) is 15.1. The maximum absolute atomic E-state index is 12.1. The molecule has 0 aromatic rings. The Morgan fingerprint density at radius 3 is 1.79 bits per heavy atom. The van der Waals surface area contributed by atoms with Crippen LogP contribution in [0.15, 0.2) is 0 Å². The Balaban J connectivity index is 3.86. The van der Waals surface area contributed by atoms with E-state index in [0.717, 1.165) is 19.3 Å². The van der Waals surface area contributed by atoms with Gasteiger partial charge in [-0.15, -0.1) is 0 Å². The highest BCUT2D eigenvalue weighted by molar-refractivity contribution is 7.47. The summed E-state index contributed by atoms with van der Waals surface area (Å²) in [5.41, 5.74) is 0. The van der Waals surface area contributed by atoms with Gasteiger partial charge in [0.15, 0.2) is 6.10 Å². The Morgan fingerprint density at radius 1 is 0.824 bits per heavy atom. The van der Waals surface area contributed by atoms with Gasteiger partial charge in [0.25, 0.3) is 0 Å². The number of rotatable bonds is 24. The molecule has 2 atom stereocenters. The number of nitrogens with zero attached hydrogens (tertiary/aromatic N) is 1. The van der Waals surface area contributed by atoms with Crippen LogP contribution in [-0.2, 0) is 28.0 Å². The van der Waals surface area contributed by atoms with E-state index in [1.165, 1.54) is 64.2 Å². The molecule has 0 fully saturated rings. The van der Waals surface area contributed by atoms with Crippen molar-refractivity contribution in [2.24, 2.45) is 0 Å². The highest BCUT2D eigenvalue weighted by Gasteiger charge is 2.26. The van der Waals surface area contributed by atoms with Crippen LogP contribution in [0, 0.1) is 0 Å². The minimum atomic E-state index is -4.29. The Hall–Kier alpha value is -0.540. The molecule has 0 amide bonds. The zero-order valence-corrected chi connectivity index (χ0v) is 22.9. The van der Waals surface area contributed by atoms with Crippen LogP contribution in [0.25, 0.3) is 0 Å². The molecule has 0 aromatic carbocycles. The first-order chi connectivity index (χ1) is 16.1. The van der Waals surface area contributed by atoms with Crippen molar-refractivity contribution in [3.63, 3.8) is 0 Å². The number of carbonyl (C=O) groups excluding carboxylic acids is 1. The number of hydrogen-bond acceptors (Lipinski definition) is 7. The summed E-state index contributed by atoms with van der Waals surface area (Å²) in [6, 6.07) is 0. The minimum Gasteiger partial charge on any atom is -0.457 e. The fraction of sp³-hybridized carbons (Fsp3) is 0.958. The fourth-order valence-corrected chi connectivity index (χ4v) is 4.12. The third-order valence-electron chi connectivity index (χ3n) is 5.48. The number of ether oxygens (including phenoxy) is 1. The van der Waals surface area contributed by atoms with Gasteiger partial charge in [-0.05, 0) is 6.42 Å². The van der Waals surface area contributed by atoms with Crippen LogP contribution in [0.1, 0.15) is 96.8 Å². The Morgan fingerprint density at radius 2 is 1.32 bits per heavy atom. The molecule has 0 heterocycles. The molecule has 0 rings (SSSR count). The third-order valence-corrected chi connectivity index (χ3v) is 6.47. The number of carbonyl (C=O) groups is 1. The predicted octanol–water partition coefficient (Wildman–Crippen LogP) is 5.71. The lowest BCUT2D eigenvalue weighted by atomic mass is 10.0. The molecular weight excluding hydrogens is 461 g/mol. The molecule has 0 aliphatic heterocycles. The lowest BCUT2D eigenvalue weighted by Gasteiger charge is -2.24. The largest absolute Gasteiger partial charge is 0.472 e. The average molecular weight is 513 g/mol. The summed E-state index contributed by atoms with van der Waals surface area (Å²) in [5.74, 6) is -0.451. The van der Waals surface area contributed by atoms with E-state index in [0.29, 0.717) is 11.0 Å². The maximum atomic E-state index is 12.1. The van der Waals surface area contributed by atoms with E-state index in [-0.39, 0.29) is 19.6 Å². The van der Waals surface area contributed by atoms with Crippen molar-refractivity contribution in [3.05, 3.63) is 0 Å². The molecule has 204 valence electrons. The number of phosphoric ester groups is 1. The van der Waals surface area contributed by atoms with Gasteiger partial charge < -0.3 is 14.1 Å². The van der Waals surface area contributed by atoms with E-state index in [1.807, 2.05) is 21.1 Å². The molecule has 2 N–H and O–H groups in total. The normalized spacial score (nSPS) is 14.6. The Labute approximate surface area is 207 Å². The molecular formula is C24H51NO8P+. The van der Waals surface area contributed by atoms with Crippen molar-refractivity contribution in [1.29, 1.82) is 0 Å².